The average molecular weight is 325 g/mol. The summed E-state index contributed by atoms with van der Waals surface area (Å²) in [5, 5.41) is 0. The van der Waals surface area contributed by atoms with Crippen molar-refractivity contribution in [1.29, 1.82) is 0 Å². The van der Waals surface area contributed by atoms with Crippen molar-refractivity contribution in [1.82, 2.24) is 24.1 Å². The molecule has 0 aliphatic carbocycles. The van der Waals surface area contributed by atoms with Crippen LogP contribution in [0.5, 0.6) is 0 Å². The van der Waals surface area contributed by atoms with Gasteiger partial charge >= 0.3 is 0 Å². The second kappa shape index (κ2) is 5.84. The van der Waals surface area contributed by atoms with Crippen molar-refractivity contribution >= 4 is 11.0 Å². The fraction of sp³-hybridized carbons (Fsp3) is 0.118. The van der Waals surface area contributed by atoms with E-state index < -0.39 is 12.6 Å². The van der Waals surface area contributed by atoms with Crippen molar-refractivity contribution < 1.29 is 8.78 Å². The fourth-order valence-corrected chi connectivity index (χ4v) is 2.72. The van der Waals surface area contributed by atoms with Gasteiger partial charge in [-0.25, -0.2) is 18.7 Å². The fourth-order valence-electron chi connectivity index (χ4n) is 2.72. The van der Waals surface area contributed by atoms with Gasteiger partial charge in [-0.05, 0) is 29.8 Å². The van der Waals surface area contributed by atoms with E-state index >= 15 is 0 Å². The van der Waals surface area contributed by atoms with Gasteiger partial charge in [-0.2, -0.15) is 0 Å². The highest BCUT2D eigenvalue weighted by atomic mass is 19.1. The first-order valence-electron chi connectivity index (χ1n) is 7.36. The number of halogens is 2. The van der Waals surface area contributed by atoms with Gasteiger partial charge in [0.15, 0.2) is 6.80 Å². The van der Waals surface area contributed by atoms with Crippen LogP contribution in [0, 0.1) is 5.82 Å². The first-order chi connectivity index (χ1) is 11.7. The van der Waals surface area contributed by atoms with Gasteiger partial charge in [-0.1, -0.05) is 0 Å². The zero-order chi connectivity index (χ0) is 16.5. The molecule has 0 saturated carbocycles. The minimum atomic E-state index is -0.791. The number of rotatable bonds is 4. The molecule has 0 bridgehead atoms. The Morgan fingerprint density at radius 1 is 1.08 bits per heavy atom. The Morgan fingerprint density at radius 2 is 2.00 bits per heavy atom. The minimum absolute atomic E-state index is 0.421. The summed E-state index contributed by atoms with van der Waals surface area (Å²) in [5.41, 5.74) is 2.59. The summed E-state index contributed by atoms with van der Waals surface area (Å²) < 4.78 is 30.3. The van der Waals surface area contributed by atoms with Crippen LogP contribution in [0.3, 0.4) is 0 Å². The average Bonchev–Trinajstić information content (AvgIpc) is 3.22. The van der Waals surface area contributed by atoms with E-state index in [0.717, 1.165) is 5.56 Å². The van der Waals surface area contributed by atoms with Crippen LogP contribution in [-0.4, -0.2) is 24.1 Å². The van der Waals surface area contributed by atoms with Crippen LogP contribution in [0.1, 0.15) is 5.56 Å². The molecular formula is C17H13F2N5. The lowest BCUT2D eigenvalue weighted by Gasteiger charge is -2.07. The summed E-state index contributed by atoms with van der Waals surface area (Å²) in [6.45, 7) is -0.188. The van der Waals surface area contributed by atoms with E-state index in [-0.39, 0.29) is 0 Å². The zero-order valence-corrected chi connectivity index (χ0v) is 12.6. The predicted molar refractivity (Wildman–Crippen MR) is 85.4 cm³/mol. The first-order valence-corrected chi connectivity index (χ1v) is 7.36. The van der Waals surface area contributed by atoms with Gasteiger partial charge in [0.1, 0.15) is 11.6 Å². The Morgan fingerprint density at radius 3 is 2.79 bits per heavy atom. The molecule has 0 radical (unpaired) electrons. The summed E-state index contributed by atoms with van der Waals surface area (Å²) in [5.74, 6) is 0.00807. The van der Waals surface area contributed by atoms with Crippen molar-refractivity contribution in [2.45, 2.75) is 13.3 Å². The number of alkyl halides is 1. The van der Waals surface area contributed by atoms with E-state index in [0.29, 0.717) is 29.0 Å². The molecule has 0 saturated heterocycles. The lowest BCUT2D eigenvalue weighted by molar-refractivity contribution is 0.387. The Hall–Kier alpha value is -3.09. The molecule has 3 aromatic heterocycles. The molecule has 3 heterocycles. The number of hydrogen-bond donors (Lipinski definition) is 0. The molecule has 0 unspecified atom stereocenters. The molecule has 0 amide bonds. The van der Waals surface area contributed by atoms with Crippen molar-refractivity contribution in [3.05, 3.63) is 66.8 Å². The van der Waals surface area contributed by atoms with Gasteiger partial charge in [0.2, 0.25) is 0 Å². The standard InChI is InChI=1S/C17H13F2N5/c18-10-24-16-6-14(19)1-2-15(16)22-17(24)13-5-12(7-21-8-13)9-23-4-3-20-11-23/h1-8,11H,9-10H2. The van der Waals surface area contributed by atoms with Crippen LogP contribution in [0.15, 0.2) is 55.4 Å². The van der Waals surface area contributed by atoms with Crippen LogP contribution >= 0.6 is 0 Å². The zero-order valence-electron chi connectivity index (χ0n) is 12.6. The van der Waals surface area contributed by atoms with Gasteiger partial charge < -0.3 is 4.57 Å². The van der Waals surface area contributed by atoms with Crippen LogP contribution < -0.4 is 0 Å². The lowest BCUT2D eigenvalue weighted by Crippen LogP contribution is -2.00. The quantitative estimate of drug-likeness (QED) is 0.578. The third-order valence-electron chi connectivity index (χ3n) is 3.81. The van der Waals surface area contributed by atoms with Crippen molar-refractivity contribution in [2.24, 2.45) is 0 Å². The summed E-state index contributed by atoms with van der Waals surface area (Å²) >= 11 is 0. The lowest BCUT2D eigenvalue weighted by atomic mass is 10.2. The Bertz CT molecular complexity index is 992. The van der Waals surface area contributed by atoms with Gasteiger partial charge in [-0.15, -0.1) is 0 Å². The molecular weight excluding hydrogens is 312 g/mol. The number of imidazole rings is 2. The molecule has 0 N–H and O–H groups in total. The maximum atomic E-state index is 13.5. The van der Waals surface area contributed by atoms with Crippen LogP contribution in [0.4, 0.5) is 8.78 Å². The molecule has 7 heteroatoms. The van der Waals surface area contributed by atoms with Crippen molar-refractivity contribution in [3.63, 3.8) is 0 Å². The second-order valence-corrected chi connectivity index (χ2v) is 5.43. The normalized spacial score (nSPS) is 11.2. The monoisotopic (exact) mass is 325 g/mol. The number of benzene rings is 1. The maximum Gasteiger partial charge on any atom is 0.167 e. The molecule has 4 rings (SSSR count). The van der Waals surface area contributed by atoms with E-state index in [1.54, 1.807) is 31.0 Å². The summed E-state index contributed by atoms with van der Waals surface area (Å²) in [4.78, 5) is 12.7. The highest BCUT2D eigenvalue weighted by Gasteiger charge is 2.14. The number of aromatic nitrogens is 5. The van der Waals surface area contributed by atoms with Gasteiger partial charge in [0.05, 0.1) is 23.9 Å². The molecule has 1 aromatic carbocycles. The Labute approximate surface area is 136 Å². The smallest absolute Gasteiger partial charge is 0.167 e. The molecule has 5 nitrogen and oxygen atoms in total. The van der Waals surface area contributed by atoms with Gasteiger partial charge in [-0.3, -0.25) is 9.55 Å². The Balaban J connectivity index is 1.79. The number of pyridine rings is 1. The van der Waals surface area contributed by atoms with E-state index in [2.05, 4.69) is 15.0 Å². The number of hydrogen-bond acceptors (Lipinski definition) is 3. The molecule has 4 aromatic rings. The number of nitrogens with zero attached hydrogens (tertiary/aromatic N) is 5. The molecule has 0 aliphatic rings. The highest BCUT2D eigenvalue weighted by molar-refractivity contribution is 5.80. The Kier molecular flexibility index (Phi) is 3.53. The molecule has 24 heavy (non-hydrogen) atoms. The SMILES string of the molecule is FCn1c(-c2cncc(Cn3ccnc3)c2)nc2ccc(F)cc21. The third-order valence-corrected chi connectivity index (χ3v) is 3.81. The van der Waals surface area contributed by atoms with Gasteiger partial charge in [0, 0.05) is 30.4 Å². The summed E-state index contributed by atoms with van der Waals surface area (Å²) in [6.07, 6.45) is 8.64. The predicted octanol–water partition coefficient (Wildman–Crippen LogP) is 3.41. The third kappa shape index (κ3) is 2.54. The largest absolute Gasteiger partial charge is 0.333 e. The topological polar surface area (TPSA) is 48.5 Å². The second-order valence-electron chi connectivity index (χ2n) is 5.43. The summed E-state index contributed by atoms with van der Waals surface area (Å²) in [6, 6.07) is 6.05. The van der Waals surface area contributed by atoms with E-state index in [1.807, 2.05) is 16.8 Å². The molecule has 0 atom stereocenters. The van der Waals surface area contributed by atoms with Crippen LogP contribution in [0.2, 0.25) is 0 Å². The maximum absolute atomic E-state index is 13.5. The van der Waals surface area contributed by atoms with Gasteiger partial charge in [0.25, 0.3) is 0 Å². The minimum Gasteiger partial charge on any atom is -0.333 e. The number of fused-ring (bicyclic) bond motifs is 1. The molecule has 0 fully saturated rings. The van der Waals surface area contributed by atoms with Crippen LogP contribution in [0.25, 0.3) is 22.4 Å². The summed E-state index contributed by atoms with van der Waals surface area (Å²) in [7, 11) is 0. The molecule has 120 valence electrons. The van der Waals surface area contributed by atoms with Crippen LogP contribution in [-0.2, 0) is 13.3 Å². The molecule has 0 spiro atoms. The molecule has 0 aliphatic heterocycles. The highest BCUT2D eigenvalue weighted by Crippen LogP contribution is 2.26. The van der Waals surface area contributed by atoms with E-state index in [9.17, 15) is 8.78 Å². The van der Waals surface area contributed by atoms with Crippen molar-refractivity contribution in [3.8, 4) is 11.4 Å². The van der Waals surface area contributed by atoms with Crippen molar-refractivity contribution in [2.75, 3.05) is 0 Å². The van der Waals surface area contributed by atoms with E-state index in [4.69, 9.17) is 0 Å². The first kappa shape index (κ1) is 14.5. The van der Waals surface area contributed by atoms with E-state index in [1.165, 1.54) is 16.7 Å².